The first-order chi connectivity index (χ1) is 7.28. The van der Waals surface area contributed by atoms with Gasteiger partial charge in [0, 0.05) is 0 Å². The summed E-state index contributed by atoms with van der Waals surface area (Å²) >= 11 is 0. The molecule has 0 saturated heterocycles. The topological polar surface area (TPSA) is 12.0 Å². The molecule has 0 spiro atoms. The lowest BCUT2D eigenvalue weighted by atomic mass is 9.92. The van der Waals surface area contributed by atoms with Crippen LogP contribution in [-0.2, 0) is 6.42 Å². The summed E-state index contributed by atoms with van der Waals surface area (Å²) in [5, 5.41) is 2.26. The van der Waals surface area contributed by atoms with E-state index in [1.807, 2.05) is 0 Å². The van der Waals surface area contributed by atoms with Crippen LogP contribution in [0.1, 0.15) is 12.5 Å². The second-order valence-corrected chi connectivity index (χ2v) is 3.88. The van der Waals surface area contributed by atoms with Gasteiger partial charge in [0.2, 0.25) is 0 Å². The molecule has 1 nitrogen and oxygen atoms in total. The second-order valence-electron chi connectivity index (χ2n) is 3.88. The summed E-state index contributed by atoms with van der Waals surface area (Å²) in [6, 6.07) is 5.02. The Morgan fingerprint density at radius 3 is 2.00 bits per heavy atom. The average Bonchev–Trinajstić information content (AvgIpc) is 2.19. The molecule has 1 aromatic carbocycles. The number of hydrogen-bond donors (Lipinski definition) is 1. The smallest absolute Gasteiger partial charge is 0.307 e. The Morgan fingerprint density at radius 2 is 1.62 bits per heavy atom. The molecular weight excluding hydrogens is 222 g/mol. The molecule has 0 saturated carbocycles. The van der Waals surface area contributed by atoms with Crippen molar-refractivity contribution in [3.05, 3.63) is 35.6 Å². The molecule has 1 atom stereocenters. The summed E-state index contributed by atoms with van der Waals surface area (Å²) in [7, 11) is 1.26. The van der Waals surface area contributed by atoms with Crippen LogP contribution in [-0.4, -0.2) is 18.8 Å². The molecule has 1 unspecified atom stereocenters. The van der Waals surface area contributed by atoms with Crippen LogP contribution in [0.4, 0.5) is 17.6 Å². The number of nitrogens with one attached hydrogen (secondary N) is 1. The van der Waals surface area contributed by atoms with Gasteiger partial charge in [-0.05, 0) is 38.1 Å². The van der Waals surface area contributed by atoms with Gasteiger partial charge in [-0.25, -0.2) is 4.39 Å². The Hall–Kier alpha value is -1.10. The third kappa shape index (κ3) is 2.72. The van der Waals surface area contributed by atoms with E-state index in [4.69, 9.17) is 0 Å². The van der Waals surface area contributed by atoms with Crippen LogP contribution < -0.4 is 5.32 Å². The van der Waals surface area contributed by atoms with E-state index in [0.29, 0.717) is 5.56 Å². The minimum absolute atomic E-state index is 0.229. The summed E-state index contributed by atoms with van der Waals surface area (Å²) in [5.74, 6) is -0.457. The molecule has 5 heteroatoms. The van der Waals surface area contributed by atoms with Gasteiger partial charge in [-0.15, -0.1) is 0 Å². The largest absolute Gasteiger partial charge is 0.406 e. The van der Waals surface area contributed by atoms with E-state index in [1.54, 1.807) is 0 Å². The number of rotatable bonds is 3. The summed E-state index contributed by atoms with van der Waals surface area (Å²) < 4.78 is 50.8. The van der Waals surface area contributed by atoms with Crippen LogP contribution in [0.15, 0.2) is 24.3 Å². The van der Waals surface area contributed by atoms with Gasteiger partial charge in [0.05, 0.1) is 0 Å². The molecule has 0 aromatic heterocycles. The van der Waals surface area contributed by atoms with Crippen molar-refractivity contribution in [1.29, 1.82) is 0 Å². The van der Waals surface area contributed by atoms with Crippen molar-refractivity contribution >= 4 is 0 Å². The second kappa shape index (κ2) is 4.41. The standard InChI is InChI=1S/C11H13F4N/c1-10(16-2,11(13,14)15)7-8-3-5-9(12)6-4-8/h3-6,16H,7H2,1-2H3. The molecule has 1 aromatic rings. The molecule has 0 aliphatic carbocycles. The van der Waals surface area contributed by atoms with Crippen molar-refractivity contribution in [3.63, 3.8) is 0 Å². The van der Waals surface area contributed by atoms with Gasteiger partial charge >= 0.3 is 6.18 Å². The Morgan fingerprint density at radius 1 is 1.12 bits per heavy atom. The zero-order valence-electron chi connectivity index (χ0n) is 9.03. The maximum Gasteiger partial charge on any atom is 0.406 e. The van der Waals surface area contributed by atoms with E-state index in [1.165, 1.54) is 19.2 Å². The first-order valence-corrected chi connectivity index (χ1v) is 4.78. The highest BCUT2D eigenvalue weighted by Gasteiger charge is 2.49. The van der Waals surface area contributed by atoms with Crippen LogP contribution in [0.2, 0.25) is 0 Å². The third-order valence-electron chi connectivity index (χ3n) is 2.65. The molecule has 1 rings (SSSR count). The summed E-state index contributed by atoms with van der Waals surface area (Å²) in [5.41, 5.74) is -1.55. The van der Waals surface area contributed by atoms with Crippen molar-refractivity contribution in [2.24, 2.45) is 0 Å². The van der Waals surface area contributed by atoms with Gasteiger partial charge in [-0.2, -0.15) is 13.2 Å². The highest BCUT2D eigenvalue weighted by atomic mass is 19.4. The molecular formula is C11H13F4N. The van der Waals surface area contributed by atoms with Crippen molar-refractivity contribution in [1.82, 2.24) is 5.32 Å². The fraction of sp³-hybridized carbons (Fsp3) is 0.455. The molecule has 0 fully saturated rings. The molecule has 90 valence electrons. The highest BCUT2D eigenvalue weighted by Crippen LogP contribution is 2.32. The van der Waals surface area contributed by atoms with E-state index in [9.17, 15) is 17.6 Å². The van der Waals surface area contributed by atoms with E-state index < -0.39 is 17.5 Å². The van der Waals surface area contributed by atoms with Gasteiger partial charge in [-0.1, -0.05) is 12.1 Å². The third-order valence-corrected chi connectivity index (χ3v) is 2.65. The van der Waals surface area contributed by atoms with Crippen LogP contribution >= 0.6 is 0 Å². The van der Waals surface area contributed by atoms with E-state index in [2.05, 4.69) is 5.32 Å². The van der Waals surface area contributed by atoms with Gasteiger partial charge in [0.1, 0.15) is 11.4 Å². The maximum absolute atomic E-state index is 12.7. The molecule has 0 amide bonds. The van der Waals surface area contributed by atoms with Gasteiger partial charge in [0.15, 0.2) is 0 Å². The lowest BCUT2D eigenvalue weighted by Crippen LogP contribution is -2.54. The molecule has 0 aliphatic heterocycles. The first kappa shape index (κ1) is 13.0. The maximum atomic E-state index is 12.7. The Bertz CT molecular complexity index is 344. The quantitative estimate of drug-likeness (QED) is 0.794. The zero-order valence-corrected chi connectivity index (χ0v) is 9.03. The zero-order chi connectivity index (χ0) is 12.4. The fourth-order valence-electron chi connectivity index (χ4n) is 1.34. The lowest BCUT2D eigenvalue weighted by molar-refractivity contribution is -0.189. The Kier molecular flexibility index (Phi) is 3.57. The predicted molar refractivity (Wildman–Crippen MR) is 53.6 cm³/mol. The van der Waals surface area contributed by atoms with Crippen molar-refractivity contribution < 1.29 is 17.6 Å². The number of halogens is 4. The van der Waals surface area contributed by atoms with Gasteiger partial charge < -0.3 is 5.32 Å². The van der Waals surface area contributed by atoms with Crippen LogP contribution in [0, 0.1) is 5.82 Å². The molecule has 0 heterocycles. The SMILES string of the molecule is CNC(C)(Cc1ccc(F)cc1)C(F)(F)F. The van der Waals surface area contributed by atoms with E-state index >= 15 is 0 Å². The Labute approximate surface area is 91.5 Å². The fourth-order valence-corrected chi connectivity index (χ4v) is 1.34. The van der Waals surface area contributed by atoms with Gasteiger partial charge in [0.25, 0.3) is 0 Å². The molecule has 0 bridgehead atoms. The first-order valence-electron chi connectivity index (χ1n) is 4.78. The van der Waals surface area contributed by atoms with Crippen molar-refractivity contribution in [2.75, 3.05) is 7.05 Å². The normalized spacial score (nSPS) is 15.9. The minimum Gasteiger partial charge on any atom is -0.307 e. The molecule has 0 radical (unpaired) electrons. The predicted octanol–water partition coefficient (Wildman–Crippen LogP) is 2.91. The van der Waals surface area contributed by atoms with Crippen molar-refractivity contribution in [3.8, 4) is 0 Å². The van der Waals surface area contributed by atoms with E-state index in [-0.39, 0.29) is 6.42 Å². The highest BCUT2D eigenvalue weighted by molar-refractivity contribution is 5.19. The number of hydrogen-bond acceptors (Lipinski definition) is 1. The van der Waals surface area contributed by atoms with Crippen molar-refractivity contribution in [2.45, 2.75) is 25.1 Å². The summed E-state index contributed by atoms with van der Waals surface area (Å²) in [6.45, 7) is 1.08. The van der Waals surface area contributed by atoms with Crippen LogP contribution in [0.3, 0.4) is 0 Å². The molecule has 16 heavy (non-hydrogen) atoms. The minimum atomic E-state index is -4.35. The number of likely N-dealkylation sites (N-methyl/N-ethyl adjacent to an activating group) is 1. The lowest BCUT2D eigenvalue weighted by Gasteiger charge is -2.31. The Balaban J connectivity index is 2.89. The average molecular weight is 235 g/mol. The summed E-state index contributed by atoms with van der Waals surface area (Å²) in [4.78, 5) is 0. The van der Waals surface area contributed by atoms with E-state index in [0.717, 1.165) is 19.1 Å². The van der Waals surface area contributed by atoms with Crippen LogP contribution in [0.25, 0.3) is 0 Å². The van der Waals surface area contributed by atoms with Gasteiger partial charge in [-0.3, -0.25) is 0 Å². The molecule has 1 N–H and O–H groups in total. The number of benzene rings is 1. The summed E-state index contributed by atoms with van der Waals surface area (Å²) in [6.07, 6.45) is -4.58. The molecule has 0 aliphatic rings. The number of alkyl halides is 3. The monoisotopic (exact) mass is 235 g/mol. The van der Waals surface area contributed by atoms with Crippen LogP contribution in [0.5, 0.6) is 0 Å².